The SMILES string of the molecule is CCC(C[C@@H](C)[C@H]1CC[C@H]2[C@@H]3C=CC4=CC(=O)CC[C@]4(C)[C@H]3CC[C@]12C)C(=O)O. The standard InChI is InChI=1S/C26H38O3/c1-5-17(24(28)29)14-16(2)21-8-9-22-20-7-6-18-15-19(27)10-12-25(18,3)23(20)11-13-26(21,22)4/h6-7,15-17,20-23H,5,8-14H2,1-4H3,(H,28,29)/t16-,17?,20+,21-,22+,23+,25+,26-/m1/s1. The zero-order valence-electron chi connectivity index (χ0n) is 18.6. The lowest BCUT2D eigenvalue weighted by Crippen LogP contribution is -2.49. The molecule has 4 aliphatic rings. The highest BCUT2D eigenvalue weighted by Crippen LogP contribution is 2.66. The van der Waals surface area contributed by atoms with Crippen LogP contribution in [0, 0.1) is 46.3 Å². The molecule has 2 saturated carbocycles. The van der Waals surface area contributed by atoms with Crippen LogP contribution < -0.4 is 0 Å². The fourth-order valence-electron chi connectivity index (χ4n) is 8.03. The average Bonchev–Trinajstić information content (AvgIpc) is 3.03. The molecule has 0 bridgehead atoms. The summed E-state index contributed by atoms with van der Waals surface area (Å²) in [5, 5.41) is 9.53. The Morgan fingerprint density at radius 1 is 1.21 bits per heavy atom. The molecule has 2 fully saturated rings. The van der Waals surface area contributed by atoms with Crippen LogP contribution in [-0.2, 0) is 9.59 Å². The molecule has 0 saturated heterocycles. The van der Waals surface area contributed by atoms with Crippen molar-refractivity contribution >= 4 is 11.8 Å². The minimum atomic E-state index is -0.628. The van der Waals surface area contributed by atoms with E-state index < -0.39 is 5.97 Å². The molecular weight excluding hydrogens is 360 g/mol. The number of carboxylic acid groups (broad SMARTS) is 1. The van der Waals surface area contributed by atoms with Crippen LogP contribution >= 0.6 is 0 Å². The van der Waals surface area contributed by atoms with E-state index in [1.54, 1.807) is 0 Å². The number of carbonyl (C=O) groups excluding carboxylic acids is 1. The number of aliphatic carboxylic acids is 1. The van der Waals surface area contributed by atoms with Gasteiger partial charge in [-0.15, -0.1) is 0 Å². The third kappa shape index (κ3) is 3.24. The first-order valence-corrected chi connectivity index (χ1v) is 11.9. The fourth-order valence-corrected chi connectivity index (χ4v) is 8.03. The van der Waals surface area contributed by atoms with Crippen LogP contribution in [0.2, 0.25) is 0 Å². The van der Waals surface area contributed by atoms with Crippen molar-refractivity contribution in [1.82, 2.24) is 0 Å². The van der Waals surface area contributed by atoms with Gasteiger partial charge in [0.05, 0.1) is 5.92 Å². The normalized spacial score (nSPS) is 43.0. The Bertz CT molecular complexity index is 749. The molecule has 0 aliphatic heterocycles. The first kappa shape index (κ1) is 20.9. The van der Waals surface area contributed by atoms with Gasteiger partial charge in [-0.2, -0.15) is 0 Å². The van der Waals surface area contributed by atoms with Gasteiger partial charge in [-0.25, -0.2) is 0 Å². The summed E-state index contributed by atoms with van der Waals surface area (Å²) in [4.78, 5) is 23.6. The summed E-state index contributed by atoms with van der Waals surface area (Å²) in [5.41, 5.74) is 1.76. The Morgan fingerprint density at radius 3 is 2.66 bits per heavy atom. The van der Waals surface area contributed by atoms with E-state index in [4.69, 9.17) is 0 Å². The van der Waals surface area contributed by atoms with Crippen LogP contribution in [0.1, 0.15) is 79.1 Å². The lowest BCUT2D eigenvalue weighted by atomic mass is 9.48. The molecule has 0 heterocycles. The Labute approximate surface area is 176 Å². The van der Waals surface area contributed by atoms with Crippen molar-refractivity contribution in [3.8, 4) is 0 Å². The highest BCUT2D eigenvalue weighted by molar-refractivity contribution is 5.92. The van der Waals surface area contributed by atoms with Crippen LogP contribution in [0.3, 0.4) is 0 Å². The van der Waals surface area contributed by atoms with Crippen molar-refractivity contribution < 1.29 is 14.7 Å². The van der Waals surface area contributed by atoms with E-state index in [1.807, 2.05) is 13.0 Å². The van der Waals surface area contributed by atoms with Crippen LogP contribution in [0.25, 0.3) is 0 Å². The van der Waals surface area contributed by atoms with E-state index in [0.29, 0.717) is 47.2 Å². The molecule has 160 valence electrons. The molecule has 4 aliphatic carbocycles. The maximum absolute atomic E-state index is 12.0. The van der Waals surface area contributed by atoms with E-state index >= 15 is 0 Å². The van der Waals surface area contributed by atoms with Crippen LogP contribution in [0.5, 0.6) is 0 Å². The Kier molecular flexibility index (Phi) is 5.32. The minimum absolute atomic E-state index is 0.162. The van der Waals surface area contributed by atoms with E-state index in [2.05, 4.69) is 32.9 Å². The molecule has 0 aromatic rings. The summed E-state index contributed by atoms with van der Waals surface area (Å²) in [6, 6.07) is 0. The highest BCUT2D eigenvalue weighted by Gasteiger charge is 2.58. The smallest absolute Gasteiger partial charge is 0.306 e. The molecule has 3 heteroatoms. The predicted octanol–water partition coefficient (Wildman–Crippen LogP) is 6.05. The van der Waals surface area contributed by atoms with Gasteiger partial charge in [0, 0.05) is 6.42 Å². The zero-order chi connectivity index (χ0) is 21.0. The highest BCUT2D eigenvalue weighted by atomic mass is 16.4. The number of rotatable bonds is 5. The molecule has 29 heavy (non-hydrogen) atoms. The van der Waals surface area contributed by atoms with Gasteiger partial charge < -0.3 is 5.11 Å². The molecule has 0 amide bonds. The largest absolute Gasteiger partial charge is 0.481 e. The Hall–Kier alpha value is -1.38. The second-order valence-corrected chi connectivity index (χ2v) is 11.0. The fraction of sp³-hybridized carbons (Fsp3) is 0.769. The molecule has 0 spiro atoms. The maximum Gasteiger partial charge on any atom is 0.306 e. The number of hydrogen-bond donors (Lipinski definition) is 1. The van der Waals surface area contributed by atoms with Gasteiger partial charge in [0.2, 0.25) is 0 Å². The van der Waals surface area contributed by atoms with Crippen LogP contribution in [0.4, 0.5) is 0 Å². The predicted molar refractivity (Wildman–Crippen MR) is 115 cm³/mol. The van der Waals surface area contributed by atoms with Gasteiger partial charge in [-0.3, -0.25) is 9.59 Å². The number of carbonyl (C=O) groups is 2. The summed E-state index contributed by atoms with van der Waals surface area (Å²) in [7, 11) is 0. The minimum Gasteiger partial charge on any atom is -0.481 e. The van der Waals surface area contributed by atoms with Crippen molar-refractivity contribution in [2.75, 3.05) is 0 Å². The monoisotopic (exact) mass is 398 g/mol. The molecular formula is C26H38O3. The van der Waals surface area contributed by atoms with Gasteiger partial charge in [-0.1, -0.05) is 39.8 Å². The molecule has 0 radical (unpaired) electrons. The number of carboxylic acids is 1. The van der Waals surface area contributed by atoms with Gasteiger partial charge >= 0.3 is 5.97 Å². The van der Waals surface area contributed by atoms with Gasteiger partial charge in [0.15, 0.2) is 5.78 Å². The third-order valence-corrected chi connectivity index (χ3v) is 9.77. The van der Waals surface area contributed by atoms with Gasteiger partial charge in [0.25, 0.3) is 0 Å². The quantitative estimate of drug-likeness (QED) is 0.613. The van der Waals surface area contributed by atoms with Crippen molar-refractivity contribution in [3.05, 3.63) is 23.8 Å². The summed E-state index contributed by atoms with van der Waals surface area (Å²) < 4.78 is 0. The van der Waals surface area contributed by atoms with Crippen molar-refractivity contribution in [2.45, 2.75) is 79.1 Å². The van der Waals surface area contributed by atoms with Crippen molar-refractivity contribution in [1.29, 1.82) is 0 Å². The number of fused-ring (bicyclic) bond motifs is 5. The Morgan fingerprint density at radius 2 is 1.97 bits per heavy atom. The van der Waals surface area contributed by atoms with Crippen molar-refractivity contribution in [3.63, 3.8) is 0 Å². The van der Waals surface area contributed by atoms with Crippen LogP contribution in [-0.4, -0.2) is 16.9 Å². The third-order valence-electron chi connectivity index (χ3n) is 9.77. The molecule has 3 nitrogen and oxygen atoms in total. The number of hydrogen-bond acceptors (Lipinski definition) is 2. The molecule has 0 aromatic carbocycles. The van der Waals surface area contributed by atoms with Gasteiger partial charge in [0.1, 0.15) is 0 Å². The lowest BCUT2D eigenvalue weighted by Gasteiger charge is -2.56. The average molecular weight is 399 g/mol. The molecule has 8 atom stereocenters. The lowest BCUT2D eigenvalue weighted by molar-refractivity contribution is -0.142. The molecule has 1 N–H and O–H groups in total. The van der Waals surface area contributed by atoms with E-state index in [-0.39, 0.29) is 11.3 Å². The summed E-state index contributed by atoms with van der Waals surface area (Å²) in [6.45, 7) is 9.23. The first-order valence-electron chi connectivity index (χ1n) is 11.9. The van der Waals surface area contributed by atoms with Gasteiger partial charge in [-0.05, 0) is 97.0 Å². The molecule has 0 aromatic heterocycles. The summed E-state index contributed by atoms with van der Waals surface area (Å²) in [5.74, 6) is 2.53. The second kappa shape index (κ2) is 7.39. The maximum atomic E-state index is 12.0. The van der Waals surface area contributed by atoms with Crippen molar-refractivity contribution in [2.24, 2.45) is 46.3 Å². The number of allylic oxidation sites excluding steroid dienone is 4. The number of ketones is 1. The molecule has 1 unspecified atom stereocenters. The topological polar surface area (TPSA) is 54.4 Å². The van der Waals surface area contributed by atoms with E-state index in [1.165, 1.54) is 31.3 Å². The Balaban J connectivity index is 1.57. The molecule has 4 rings (SSSR count). The van der Waals surface area contributed by atoms with E-state index in [9.17, 15) is 14.7 Å². The summed E-state index contributed by atoms with van der Waals surface area (Å²) >= 11 is 0. The van der Waals surface area contributed by atoms with Crippen LogP contribution in [0.15, 0.2) is 23.8 Å². The first-order chi connectivity index (χ1) is 13.7. The summed E-state index contributed by atoms with van der Waals surface area (Å²) in [6.07, 6.45) is 14.9. The van der Waals surface area contributed by atoms with E-state index in [0.717, 1.165) is 19.3 Å². The second-order valence-electron chi connectivity index (χ2n) is 11.0. The zero-order valence-corrected chi connectivity index (χ0v) is 18.6.